The van der Waals surface area contributed by atoms with Crippen LogP contribution in [-0.2, 0) is 11.3 Å². The Hall–Kier alpha value is -1.20. The van der Waals surface area contributed by atoms with Crippen LogP contribution in [0.15, 0.2) is 18.2 Å². The largest absolute Gasteiger partial charge is 0.482 e. The summed E-state index contributed by atoms with van der Waals surface area (Å²) in [6, 6.07) is 5.67. The maximum absolute atomic E-state index is 11.7. The molecule has 86 valence electrons. The molecule has 0 fully saturated rings. The van der Waals surface area contributed by atoms with Gasteiger partial charge in [-0.15, -0.1) is 0 Å². The fourth-order valence-electron chi connectivity index (χ4n) is 1.72. The maximum Gasteiger partial charge on any atom is 0.265 e. The van der Waals surface area contributed by atoms with Crippen molar-refractivity contribution in [2.45, 2.75) is 6.54 Å². The monoisotopic (exact) mass is 238 g/mol. The third-order valence-corrected chi connectivity index (χ3v) is 2.73. The van der Waals surface area contributed by atoms with Crippen molar-refractivity contribution in [2.24, 2.45) is 5.73 Å². The Morgan fingerprint density at radius 3 is 3.00 bits per heavy atom. The number of hydrogen-bond acceptors (Lipinski definition) is 4. The highest BCUT2D eigenvalue weighted by molar-refractivity contribution is 7.80. The molecule has 0 saturated carbocycles. The average molecular weight is 238 g/mol. The number of hydrogen-bond donors (Lipinski definition) is 2. The Bertz CT molecular complexity index is 409. The van der Waals surface area contributed by atoms with Gasteiger partial charge in [0.1, 0.15) is 5.75 Å². The number of thiol groups is 1. The zero-order chi connectivity index (χ0) is 11.5. The van der Waals surface area contributed by atoms with Crippen LogP contribution >= 0.6 is 12.6 Å². The summed E-state index contributed by atoms with van der Waals surface area (Å²) in [7, 11) is 0. The quantitative estimate of drug-likeness (QED) is 0.766. The Morgan fingerprint density at radius 1 is 1.50 bits per heavy atom. The van der Waals surface area contributed by atoms with Crippen LogP contribution in [0.3, 0.4) is 0 Å². The van der Waals surface area contributed by atoms with Gasteiger partial charge in [-0.2, -0.15) is 12.6 Å². The minimum Gasteiger partial charge on any atom is -0.482 e. The summed E-state index contributed by atoms with van der Waals surface area (Å²) in [5.74, 6) is 1.33. The van der Waals surface area contributed by atoms with E-state index in [1.54, 1.807) is 4.90 Å². The van der Waals surface area contributed by atoms with Crippen LogP contribution in [0.5, 0.6) is 5.75 Å². The zero-order valence-corrected chi connectivity index (χ0v) is 9.74. The molecular formula is C11H14N2O2S. The number of nitrogens with two attached hydrogens (primary N) is 1. The number of rotatable bonds is 3. The van der Waals surface area contributed by atoms with E-state index in [1.165, 1.54) is 0 Å². The number of amides is 1. The molecule has 0 atom stereocenters. The lowest BCUT2D eigenvalue weighted by molar-refractivity contribution is -0.121. The van der Waals surface area contributed by atoms with Gasteiger partial charge in [-0.25, -0.2) is 0 Å². The van der Waals surface area contributed by atoms with Crippen molar-refractivity contribution in [3.63, 3.8) is 0 Å². The van der Waals surface area contributed by atoms with Gasteiger partial charge in [0.2, 0.25) is 0 Å². The molecule has 2 N–H and O–H groups in total. The first-order valence-electron chi connectivity index (χ1n) is 5.13. The summed E-state index contributed by atoms with van der Waals surface area (Å²) in [5.41, 5.74) is 7.36. The Kier molecular flexibility index (Phi) is 3.36. The molecule has 1 aliphatic rings. The van der Waals surface area contributed by atoms with E-state index < -0.39 is 0 Å². The van der Waals surface area contributed by atoms with E-state index >= 15 is 0 Å². The fraction of sp³-hybridized carbons (Fsp3) is 0.364. The number of benzene rings is 1. The van der Waals surface area contributed by atoms with E-state index in [0.29, 0.717) is 18.8 Å². The summed E-state index contributed by atoms with van der Waals surface area (Å²) in [6.07, 6.45) is 0. The first kappa shape index (κ1) is 11.3. The van der Waals surface area contributed by atoms with Gasteiger partial charge in [-0.05, 0) is 17.7 Å². The summed E-state index contributed by atoms with van der Waals surface area (Å²) in [6.45, 7) is 1.14. The van der Waals surface area contributed by atoms with E-state index in [9.17, 15) is 4.79 Å². The van der Waals surface area contributed by atoms with Crippen LogP contribution in [0.1, 0.15) is 5.56 Å². The number of nitrogens with zero attached hydrogens (tertiary/aromatic N) is 1. The molecule has 0 spiro atoms. The maximum atomic E-state index is 11.7. The number of carbonyl (C=O) groups excluding carboxylic acids is 1. The van der Waals surface area contributed by atoms with Gasteiger partial charge in [0.25, 0.3) is 5.91 Å². The van der Waals surface area contributed by atoms with Crippen LogP contribution in [0.4, 0.5) is 5.69 Å². The molecule has 1 heterocycles. The van der Waals surface area contributed by atoms with Crippen LogP contribution < -0.4 is 15.4 Å². The second-order valence-corrected chi connectivity index (χ2v) is 4.01. The molecule has 0 bridgehead atoms. The summed E-state index contributed by atoms with van der Waals surface area (Å²) in [5, 5.41) is 0. The SMILES string of the molecule is NCc1ccc2c(c1)N(CCS)C(=O)CO2. The molecule has 0 aromatic heterocycles. The van der Waals surface area contributed by atoms with Crippen molar-refractivity contribution in [1.82, 2.24) is 0 Å². The van der Waals surface area contributed by atoms with Gasteiger partial charge >= 0.3 is 0 Å². The van der Waals surface area contributed by atoms with E-state index in [4.69, 9.17) is 10.5 Å². The van der Waals surface area contributed by atoms with Crippen molar-refractivity contribution >= 4 is 24.2 Å². The predicted octanol–water partition coefficient (Wildman–Crippen LogP) is 0.800. The minimum absolute atomic E-state index is 0.0317. The Labute approximate surface area is 99.8 Å². The van der Waals surface area contributed by atoms with Crippen LogP contribution in [0, 0.1) is 0 Å². The van der Waals surface area contributed by atoms with Gasteiger partial charge in [0.15, 0.2) is 6.61 Å². The highest BCUT2D eigenvalue weighted by Gasteiger charge is 2.24. The Morgan fingerprint density at radius 2 is 2.31 bits per heavy atom. The Balaban J connectivity index is 2.39. The molecule has 1 aromatic rings. The lowest BCUT2D eigenvalue weighted by Crippen LogP contribution is -2.40. The van der Waals surface area contributed by atoms with Crippen molar-refractivity contribution in [3.8, 4) is 5.75 Å². The molecule has 2 rings (SSSR count). The molecule has 0 radical (unpaired) electrons. The molecule has 0 saturated heterocycles. The lowest BCUT2D eigenvalue weighted by Gasteiger charge is -2.29. The summed E-state index contributed by atoms with van der Waals surface area (Å²) in [4.78, 5) is 13.4. The van der Waals surface area contributed by atoms with Crippen LogP contribution in [0.25, 0.3) is 0 Å². The third-order valence-electron chi connectivity index (χ3n) is 2.53. The molecule has 4 nitrogen and oxygen atoms in total. The number of anilines is 1. The standard InChI is InChI=1S/C11H14N2O2S/c12-6-8-1-2-10-9(5-8)13(3-4-16)11(14)7-15-10/h1-2,5,16H,3-4,6-7,12H2. The highest BCUT2D eigenvalue weighted by atomic mass is 32.1. The second kappa shape index (κ2) is 4.76. The zero-order valence-electron chi connectivity index (χ0n) is 8.85. The lowest BCUT2D eigenvalue weighted by atomic mass is 10.1. The van der Waals surface area contributed by atoms with Crippen molar-refractivity contribution in [2.75, 3.05) is 23.8 Å². The van der Waals surface area contributed by atoms with Gasteiger partial charge in [0, 0.05) is 18.8 Å². The topological polar surface area (TPSA) is 55.6 Å². The fourth-order valence-corrected chi connectivity index (χ4v) is 1.92. The first-order valence-corrected chi connectivity index (χ1v) is 5.76. The minimum atomic E-state index is -0.0317. The molecule has 0 aliphatic carbocycles. The molecule has 1 amide bonds. The predicted molar refractivity (Wildman–Crippen MR) is 66.0 cm³/mol. The van der Waals surface area contributed by atoms with Gasteiger partial charge in [-0.3, -0.25) is 4.79 Å². The van der Waals surface area contributed by atoms with E-state index in [0.717, 1.165) is 17.0 Å². The molecule has 1 aliphatic heterocycles. The van der Waals surface area contributed by atoms with Gasteiger partial charge in [-0.1, -0.05) is 6.07 Å². The first-order chi connectivity index (χ1) is 7.76. The second-order valence-electron chi connectivity index (χ2n) is 3.56. The van der Waals surface area contributed by atoms with Crippen molar-refractivity contribution in [1.29, 1.82) is 0 Å². The normalized spacial score (nSPS) is 14.6. The number of ether oxygens (including phenoxy) is 1. The molecular weight excluding hydrogens is 224 g/mol. The van der Waals surface area contributed by atoms with E-state index in [2.05, 4.69) is 12.6 Å². The molecule has 16 heavy (non-hydrogen) atoms. The number of fused-ring (bicyclic) bond motifs is 1. The van der Waals surface area contributed by atoms with Crippen molar-refractivity contribution in [3.05, 3.63) is 23.8 Å². The van der Waals surface area contributed by atoms with E-state index in [1.807, 2.05) is 18.2 Å². The molecule has 0 unspecified atom stereocenters. The van der Waals surface area contributed by atoms with Crippen molar-refractivity contribution < 1.29 is 9.53 Å². The molecule has 1 aromatic carbocycles. The van der Waals surface area contributed by atoms with Crippen LogP contribution in [-0.4, -0.2) is 24.8 Å². The third kappa shape index (κ3) is 2.01. The van der Waals surface area contributed by atoms with E-state index in [-0.39, 0.29) is 12.5 Å². The van der Waals surface area contributed by atoms with Gasteiger partial charge < -0.3 is 15.4 Å². The summed E-state index contributed by atoms with van der Waals surface area (Å²) < 4.78 is 5.35. The number of carbonyl (C=O) groups is 1. The average Bonchev–Trinajstić information content (AvgIpc) is 2.32. The molecule has 5 heteroatoms. The summed E-state index contributed by atoms with van der Waals surface area (Å²) >= 11 is 4.15. The van der Waals surface area contributed by atoms with Gasteiger partial charge in [0.05, 0.1) is 5.69 Å². The smallest absolute Gasteiger partial charge is 0.265 e. The highest BCUT2D eigenvalue weighted by Crippen LogP contribution is 2.32. The van der Waals surface area contributed by atoms with Crippen LogP contribution in [0.2, 0.25) is 0 Å².